The van der Waals surface area contributed by atoms with Crippen molar-refractivity contribution in [1.82, 2.24) is 10.2 Å². The Kier molecular flexibility index (Phi) is 3.76. The molecule has 1 aliphatic rings. The molecule has 1 aromatic carbocycles. The summed E-state index contributed by atoms with van der Waals surface area (Å²) in [5.41, 5.74) is 3.91. The lowest BCUT2D eigenvalue weighted by Crippen LogP contribution is -2.14. The second kappa shape index (κ2) is 5.56. The summed E-state index contributed by atoms with van der Waals surface area (Å²) in [4.78, 5) is 13.6. The number of hydrogen-bond donors (Lipinski definition) is 2. The molecule has 0 spiro atoms. The van der Waals surface area contributed by atoms with Crippen molar-refractivity contribution >= 4 is 23.5 Å². The number of rotatable bonds is 4. The number of aryl methyl sites for hydroxylation is 1. The van der Waals surface area contributed by atoms with Gasteiger partial charge in [0.1, 0.15) is 0 Å². The SMILES string of the molecule is CSc1ccc(C)c(C(=O)Nc2n[nH]c(C3CC3)c2C)c1. The topological polar surface area (TPSA) is 57.8 Å². The number of amides is 1. The van der Waals surface area contributed by atoms with Crippen LogP contribution in [0.2, 0.25) is 0 Å². The van der Waals surface area contributed by atoms with Crippen molar-refractivity contribution in [3.05, 3.63) is 40.6 Å². The number of aromatic amines is 1. The molecule has 0 bridgehead atoms. The zero-order chi connectivity index (χ0) is 15.0. The maximum atomic E-state index is 12.5. The zero-order valence-electron chi connectivity index (χ0n) is 12.5. The highest BCUT2D eigenvalue weighted by Crippen LogP contribution is 2.41. The monoisotopic (exact) mass is 301 g/mol. The van der Waals surface area contributed by atoms with Crippen molar-refractivity contribution in [2.45, 2.75) is 37.5 Å². The fourth-order valence-corrected chi connectivity index (χ4v) is 2.89. The molecule has 0 aliphatic heterocycles. The Morgan fingerprint density at radius 1 is 1.38 bits per heavy atom. The Labute approximate surface area is 128 Å². The van der Waals surface area contributed by atoms with Gasteiger partial charge in [-0.2, -0.15) is 5.10 Å². The van der Waals surface area contributed by atoms with Gasteiger partial charge in [-0.25, -0.2) is 0 Å². The maximum Gasteiger partial charge on any atom is 0.257 e. The molecule has 1 heterocycles. The van der Waals surface area contributed by atoms with Crippen molar-refractivity contribution in [3.63, 3.8) is 0 Å². The molecule has 0 saturated heterocycles. The van der Waals surface area contributed by atoms with Crippen molar-refractivity contribution in [2.75, 3.05) is 11.6 Å². The minimum absolute atomic E-state index is 0.0969. The summed E-state index contributed by atoms with van der Waals surface area (Å²) in [6, 6.07) is 5.94. The van der Waals surface area contributed by atoms with E-state index in [1.54, 1.807) is 11.8 Å². The first-order valence-corrected chi connectivity index (χ1v) is 8.33. The van der Waals surface area contributed by atoms with E-state index in [-0.39, 0.29) is 5.91 Å². The lowest BCUT2D eigenvalue weighted by atomic mass is 10.1. The number of anilines is 1. The standard InChI is InChI=1S/C16H19N3OS/c1-9-4-7-12(21-3)8-13(9)16(20)17-15-10(2)14(18-19-15)11-5-6-11/h4,7-8,11H,5-6H2,1-3H3,(H2,17,18,19,20). The molecular formula is C16H19N3OS. The van der Waals surface area contributed by atoms with Crippen LogP contribution in [0.3, 0.4) is 0 Å². The number of H-pyrrole nitrogens is 1. The van der Waals surface area contributed by atoms with E-state index in [1.165, 1.54) is 18.5 Å². The van der Waals surface area contributed by atoms with Gasteiger partial charge in [-0.15, -0.1) is 11.8 Å². The molecule has 1 saturated carbocycles. The van der Waals surface area contributed by atoms with E-state index in [1.807, 2.05) is 38.3 Å². The first kappa shape index (κ1) is 14.2. The molecule has 5 heteroatoms. The van der Waals surface area contributed by atoms with Crippen molar-refractivity contribution in [1.29, 1.82) is 0 Å². The smallest absolute Gasteiger partial charge is 0.257 e. The van der Waals surface area contributed by atoms with Crippen LogP contribution in [0.4, 0.5) is 5.82 Å². The van der Waals surface area contributed by atoms with Crippen LogP contribution in [0.15, 0.2) is 23.1 Å². The lowest BCUT2D eigenvalue weighted by Gasteiger charge is -2.08. The molecule has 0 unspecified atom stereocenters. The van der Waals surface area contributed by atoms with E-state index in [9.17, 15) is 4.79 Å². The molecule has 1 aromatic heterocycles. The molecule has 1 amide bonds. The minimum atomic E-state index is -0.0969. The molecule has 2 aromatic rings. The first-order valence-electron chi connectivity index (χ1n) is 7.11. The maximum absolute atomic E-state index is 12.5. The summed E-state index contributed by atoms with van der Waals surface area (Å²) in [7, 11) is 0. The molecule has 3 rings (SSSR count). The summed E-state index contributed by atoms with van der Waals surface area (Å²) >= 11 is 1.63. The largest absolute Gasteiger partial charge is 0.305 e. The van der Waals surface area contributed by atoms with Crippen LogP contribution in [0.5, 0.6) is 0 Å². The molecule has 4 nitrogen and oxygen atoms in total. The van der Waals surface area contributed by atoms with E-state index in [0.29, 0.717) is 17.3 Å². The van der Waals surface area contributed by atoms with Gasteiger partial charge in [-0.1, -0.05) is 6.07 Å². The second-order valence-corrected chi connectivity index (χ2v) is 6.40. The van der Waals surface area contributed by atoms with Gasteiger partial charge in [-0.3, -0.25) is 9.89 Å². The van der Waals surface area contributed by atoms with Crippen molar-refractivity contribution in [2.24, 2.45) is 0 Å². The van der Waals surface area contributed by atoms with Gasteiger partial charge in [0, 0.05) is 27.6 Å². The summed E-state index contributed by atoms with van der Waals surface area (Å²) in [6.45, 7) is 3.96. The van der Waals surface area contributed by atoms with Gasteiger partial charge in [0.05, 0.1) is 0 Å². The van der Waals surface area contributed by atoms with Crippen molar-refractivity contribution in [3.8, 4) is 0 Å². The Morgan fingerprint density at radius 2 is 2.14 bits per heavy atom. The van der Waals surface area contributed by atoms with E-state index in [2.05, 4.69) is 15.5 Å². The number of benzene rings is 1. The Bertz CT molecular complexity index is 689. The highest BCUT2D eigenvalue weighted by atomic mass is 32.2. The molecule has 2 N–H and O–H groups in total. The van der Waals surface area contributed by atoms with Crippen LogP contribution in [-0.2, 0) is 0 Å². The fraction of sp³-hybridized carbons (Fsp3) is 0.375. The zero-order valence-corrected chi connectivity index (χ0v) is 13.3. The van der Waals surface area contributed by atoms with Crippen LogP contribution in [0.25, 0.3) is 0 Å². The Morgan fingerprint density at radius 3 is 2.81 bits per heavy atom. The number of aromatic nitrogens is 2. The third-order valence-corrected chi connectivity index (χ3v) is 4.68. The normalized spacial score (nSPS) is 14.2. The number of thioether (sulfide) groups is 1. The van der Waals surface area contributed by atoms with Gasteiger partial charge in [0.25, 0.3) is 5.91 Å². The van der Waals surface area contributed by atoms with Crippen LogP contribution < -0.4 is 5.32 Å². The molecule has 110 valence electrons. The van der Waals surface area contributed by atoms with Gasteiger partial charge in [0.2, 0.25) is 0 Å². The number of carbonyl (C=O) groups excluding carboxylic acids is 1. The molecule has 21 heavy (non-hydrogen) atoms. The van der Waals surface area contributed by atoms with Crippen LogP contribution in [0.1, 0.15) is 45.9 Å². The van der Waals surface area contributed by atoms with Crippen LogP contribution in [0, 0.1) is 13.8 Å². The second-order valence-electron chi connectivity index (χ2n) is 5.52. The average molecular weight is 301 g/mol. The Balaban J connectivity index is 1.83. The van der Waals surface area contributed by atoms with Crippen molar-refractivity contribution < 1.29 is 4.79 Å². The third-order valence-electron chi connectivity index (χ3n) is 3.95. The molecule has 0 atom stereocenters. The van der Waals surface area contributed by atoms with E-state index in [4.69, 9.17) is 0 Å². The van der Waals surface area contributed by atoms with Crippen LogP contribution in [-0.4, -0.2) is 22.4 Å². The van der Waals surface area contributed by atoms with E-state index >= 15 is 0 Å². The quantitative estimate of drug-likeness (QED) is 0.843. The molecular weight excluding hydrogens is 282 g/mol. The minimum Gasteiger partial charge on any atom is -0.305 e. The number of carbonyl (C=O) groups is 1. The summed E-state index contributed by atoms with van der Waals surface area (Å²) in [6.07, 6.45) is 4.43. The number of nitrogens with one attached hydrogen (secondary N) is 2. The average Bonchev–Trinajstić information content (AvgIpc) is 3.25. The van der Waals surface area contributed by atoms with Gasteiger partial charge in [-0.05, 0) is 50.6 Å². The van der Waals surface area contributed by atoms with Crippen LogP contribution >= 0.6 is 11.8 Å². The van der Waals surface area contributed by atoms with Gasteiger partial charge in [0.15, 0.2) is 5.82 Å². The summed E-state index contributed by atoms with van der Waals surface area (Å²) < 4.78 is 0. The highest BCUT2D eigenvalue weighted by Gasteiger charge is 2.28. The number of hydrogen-bond acceptors (Lipinski definition) is 3. The fourth-order valence-electron chi connectivity index (χ4n) is 2.45. The molecule has 1 aliphatic carbocycles. The summed E-state index contributed by atoms with van der Waals surface area (Å²) in [5, 5.41) is 10.2. The van der Waals surface area contributed by atoms with E-state index < -0.39 is 0 Å². The Hall–Kier alpha value is -1.75. The van der Waals surface area contributed by atoms with Gasteiger partial charge < -0.3 is 5.32 Å². The lowest BCUT2D eigenvalue weighted by molar-refractivity contribution is 0.102. The molecule has 0 radical (unpaired) electrons. The predicted octanol–water partition coefficient (Wildman–Crippen LogP) is 3.88. The predicted molar refractivity (Wildman–Crippen MR) is 86.2 cm³/mol. The van der Waals surface area contributed by atoms with Gasteiger partial charge >= 0.3 is 0 Å². The third kappa shape index (κ3) is 2.83. The molecule has 1 fully saturated rings. The first-order chi connectivity index (χ1) is 10.1. The van der Waals surface area contributed by atoms with E-state index in [0.717, 1.165) is 16.0 Å². The highest BCUT2D eigenvalue weighted by molar-refractivity contribution is 7.98. The summed E-state index contributed by atoms with van der Waals surface area (Å²) in [5.74, 6) is 1.15. The number of nitrogens with zero attached hydrogens (tertiary/aromatic N) is 1.